The largest absolute Gasteiger partial charge is 0.335 e. The van der Waals surface area contributed by atoms with Gasteiger partial charge in [-0.05, 0) is 43.2 Å². The van der Waals surface area contributed by atoms with E-state index in [9.17, 15) is 14.4 Å². The summed E-state index contributed by atoms with van der Waals surface area (Å²) in [5.41, 5.74) is 3.52. The Morgan fingerprint density at radius 3 is 1.96 bits per heavy atom. The van der Waals surface area contributed by atoms with Crippen molar-refractivity contribution in [3.05, 3.63) is 59.2 Å². The van der Waals surface area contributed by atoms with E-state index in [1.54, 1.807) is 23.1 Å². The van der Waals surface area contributed by atoms with Crippen molar-refractivity contribution in [2.24, 2.45) is 0 Å². The molecule has 0 saturated heterocycles. The Bertz CT molecular complexity index is 827. The third-order valence-electron chi connectivity index (χ3n) is 4.11. The maximum Gasteiger partial charge on any atom is 0.254 e. The lowest BCUT2D eigenvalue weighted by Crippen LogP contribution is -2.30. The molecule has 2 N–H and O–H groups in total. The topological polar surface area (TPSA) is 78.5 Å². The van der Waals surface area contributed by atoms with E-state index in [0.29, 0.717) is 30.0 Å². The standard InChI is InChI=1S/C21H25N3O3/c1-5-24(13-17-9-7-6-8-14(17)2)21(27)18-10-19(22-15(3)25)12-20(11-18)23-16(4)26/h6-12H,5,13H2,1-4H3,(H,22,25)(H,23,26). The molecule has 0 saturated carbocycles. The second-order valence-corrected chi connectivity index (χ2v) is 6.41. The maximum absolute atomic E-state index is 13.1. The number of hydrogen-bond donors (Lipinski definition) is 2. The molecule has 0 fully saturated rings. The van der Waals surface area contributed by atoms with Crippen LogP contribution in [-0.4, -0.2) is 29.2 Å². The van der Waals surface area contributed by atoms with Crippen molar-refractivity contribution in [1.29, 1.82) is 0 Å². The molecule has 27 heavy (non-hydrogen) atoms. The van der Waals surface area contributed by atoms with Crippen molar-refractivity contribution >= 4 is 29.1 Å². The van der Waals surface area contributed by atoms with E-state index in [4.69, 9.17) is 0 Å². The molecule has 6 heteroatoms. The van der Waals surface area contributed by atoms with Gasteiger partial charge in [0.2, 0.25) is 11.8 Å². The highest BCUT2D eigenvalue weighted by Gasteiger charge is 2.17. The molecular formula is C21H25N3O3. The summed E-state index contributed by atoms with van der Waals surface area (Å²) in [6.45, 7) is 7.74. The maximum atomic E-state index is 13.1. The van der Waals surface area contributed by atoms with Gasteiger partial charge in [-0.15, -0.1) is 0 Å². The van der Waals surface area contributed by atoms with E-state index >= 15 is 0 Å². The van der Waals surface area contributed by atoms with E-state index in [2.05, 4.69) is 10.6 Å². The highest BCUT2D eigenvalue weighted by molar-refractivity contribution is 6.00. The minimum atomic E-state index is -0.249. The molecule has 0 unspecified atom stereocenters. The van der Waals surface area contributed by atoms with Crippen molar-refractivity contribution < 1.29 is 14.4 Å². The Morgan fingerprint density at radius 2 is 1.48 bits per heavy atom. The predicted molar refractivity (Wildman–Crippen MR) is 107 cm³/mol. The zero-order valence-electron chi connectivity index (χ0n) is 16.1. The number of amides is 3. The average Bonchev–Trinajstić information content (AvgIpc) is 2.59. The van der Waals surface area contributed by atoms with Crippen LogP contribution in [0.5, 0.6) is 0 Å². The zero-order valence-corrected chi connectivity index (χ0v) is 16.1. The third-order valence-corrected chi connectivity index (χ3v) is 4.11. The van der Waals surface area contributed by atoms with Crippen LogP contribution in [0.25, 0.3) is 0 Å². The first-order valence-electron chi connectivity index (χ1n) is 8.84. The van der Waals surface area contributed by atoms with Gasteiger partial charge in [0, 0.05) is 43.9 Å². The number of anilines is 2. The highest BCUT2D eigenvalue weighted by atomic mass is 16.2. The van der Waals surface area contributed by atoms with Gasteiger partial charge in [-0.2, -0.15) is 0 Å². The molecule has 0 spiro atoms. The smallest absolute Gasteiger partial charge is 0.254 e. The predicted octanol–water partition coefficient (Wildman–Crippen LogP) is 3.57. The van der Waals surface area contributed by atoms with E-state index in [-0.39, 0.29) is 17.7 Å². The molecule has 2 aromatic rings. The monoisotopic (exact) mass is 367 g/mol. The summed E-state index contributed by atoms with van der Waals surface area (Å²) in [6, 6.07) is 12.8. The lowest BCUT2D eigenvalue weighted by atomic mass is 10.1. The molecule has 3 amide bonds. The normalized spacial score (nSPS) is 10.2. The summed E-state index contributed by atoms with van der Waals surface area (Å²) in [4.78, 5) is 37.6. The molecule has 0 heterocycles. The van der Waals surface area contributed by atoms with Gasteiger partial charge in [-0.25, -0.2) is 0 Å². The summed E-state index contributed by atoms with van der Waals surface area (Å²) < 4.78 is 0. The fraction of sp³-hybridized carbons (Fsp3) is 0.286. The summed E-state index contributed by atoms with van der Waals surface area (Å²) in [5.74, 6) is -0.666. The van der Waals surface area contributed by atoms with Gasteiger partial charge in [0.15, 0.2) is 0 Å². The Kier molecular flexibility index (Phi) is 6.71. The lowest BCUT2D eigenvalue weighted by Gasteiger charge is -2.23. The number of hydrogen-bond acceptors (Lipinski definition) is 3. The highest BCUT2D eigenvalue weighted by Crippen LogP contribution is 2.22. The average molecular weight is 367 g/mol. The number of nitrogens with zero attached hydrogens (tertiary/aromatic N) is 1. The van der Waals surface area contributed by atoms with Crippen LogP contribution in [0.4, 0.5) is 11.4 Å². The third kappa shape index (κ3) is 5.67. The molecule has 6 nitrogen and oxygen atoms in total. The molecule has 0 aliphatic heterocycles. The molecule has 0 radical (unpaired) electrons. The van der Waals surface area contributed by atoms with Crippen LogP contribution in [0.1, 0.15) is 42.3 Å². The quantitative estimate of drug-likeness (QED) is 0.819. The van der Waals surface area contributed by atoms with Gasteiger partial charge in [0.25, 0.3) is 5.91 Å². The Morgan fingerprint density at radius 1 is 0.926 bits per heavy atom. The van der Waals surface area contributed by atoms with Crippen LogP contribution in [0.15, 0.2) is 42.5 Å². The molecule has 0 aliphatic rings. The lowest BCUT2D eigenvalue weighted by molar-refractivity contribution is -0.115. The molecule has 0 aliphatic carbocycles. The molecule has 142 valence electrons. The second kappa shape index (κ2) is 8.98. The number of benzene rings is 2. The van der Waals surface area contributed by atoms with Gasteiger partial charge < -0.3 is 15.5 Å². The van der Waals surface area contributed by atoms with Crippen LogP contribution < -0.4 is 10.6 Å². The molecule has 2 aromatic carbocycles. The minimum Gasteiger partial charge on any atom is -0.335 e. The van der Waals surface area contributed by atoms with Gasteiger partial charge in [-0.1, -0.05) is 24.3 Å². The Labute approximate surface area is 159 Å². The van der Waals surface area contributed by atoms with Crippen molar-refractivity contribution in [2.45, 2.75) is 34.2 Å². The van der Waals surface area contributed by atoms with Gasteiger partial charge >= 0.3 is 0 Å². The summed E-state index contributed by atoms with van der Waals surface area (Å²) >= 11 is 0. The van der Waals surface area contributed by atoms with Crippen molar-refractivity contribution in [1.82, 2.24) is 4.90 Å². The van der Waals surface area contributed by atoms with Gasteiger partial charge in [0.1, 0.15) is 0 Å². The van der Waals surface area contributed by atoms with Crippen LogP contribution in [0.3, 0.4) is 0 Å². The Balaban J connectivity index is 2.34. The van der Waals surface area contributed by atoms with E-state index < -0.39 is 0 Å². The van der Waals surface area contributed by atoms with E-state index in [0.717, 1.165) is 11.1 Å². The van der Waals surface area contributed by atoms with Gasteiger partial charge in [0.05, 0.1) is 0 Å². The van der Waals surface area contributed by atoms with Crippen LogP contribution in [0.2, 0.25) is 0 Å². The van der Waals surface area contributed by atoms with Crippen LogP contribution in [-0.2, 0) is 16.1 Å². The zero-order chi connectivity index (χ0) is 20.0. The summed E-state index contributed by atoms with van der Waals surface area (Å²) in [5, 5.41) is 5.34. The first-order chi connectivity index (χ1) is 12.8. The number of carbonyl (C=O) groups is 3. The van der Waals surface area contributed by atoms with Crippen molar-refractivity contribution in [3.63, 3.8) is 0 Å². The second-order valence-electron chi connectivity index (χ2n) is 6.41. The molecule has 2 rings (SSSR count). The number of nitrogens with one attached hydrogen (secondary N) is 2. The fourth-order valence-corrected chi connectivity index (χ4v) is 2.80. The fourth-order valence-electron chi connectivity index (χ4n) is 2.80. The van der Waals surface area contributed by atoms with Crippen LogP contribution in [0, 0.1) is 6.92 Å². The molecule has 0 aromatic heterocycles. The first kappa shape index (κ1) is 20.2. The van der Waals surface area contributed by atoms with E-state index in [1.807, 2.05) is 38.1 Å². The number of carbonyl (C=O) groups excluding carboxylic acids is 3. The molecule has 0 atom stereocenters. The minimum absolute atomic E-state index is 0.167. The Hall–Kier alpha value is -3.15. The van der Waals surface area contributed by atoms with Crippen molar-refractivity contribution in [2.75, 3.05) is 17.2 Å². The number of aryl methyl sites for hydroxylation is 1. The molecule has 0 bridgehead atoms. The van der Waals surface area contributed by atoms with E-state index in [1.165, 1.54) is 13.8 Å². The van der Waals surface area contributed by atoms with Gasteiger partial charge in [-0.3, -0.25) is 14.4 Å². The molecular weight excluding hydrogens is 342 g/mol. The van der Waals surface area contributed by atoms with Crippen molar-refractivity contribution in [3.8, 4) is 0 Å². The number of rotatable bonds is 6. The summed E-state index contributed by atoms with van der Waals surface area (Å²) in [7, 11) is 0. The summed E-state index contributed by atoms with van der Waals surface area (Å²) in [6.07, 6.45) is 0. The SMILES string of the molecule is CCN(Cc1ccccc1C)C(=O)c1cc(NC(C)=O)cc(NC(C)=O)c1. The van der Waals surface area contributed by atoms with Crippen LogP contribution >= 0.6 is 0 Å². The first-order valence-corrected chi connectivity index (χ1v) is 8.84.